The van der Waals surface area contributed by atoms with E-state index in [9.17, 15) is 9.18 Å². The van der Waals surface area contributed by atoms with E-state index >= 15 is 0 Å². The molecule has 2 nitrogen and oxygen atoms in total. The van der Waals surface area contributed by atoms with Crippen molar-refractivity contribution in [2.45, 2.75) is 24.2 Å². The van der Waals surface area contributed by atoms with Crippen molar-refractivity contribution in [1.29, 1.82) is 0 Å². The number of rotatable bonds is 4. The molecule has 1 heterocycles. The minimum Gasteiger partial charge on any atom is -0.336 e. The lowest BCUT2D eigenvalue weighted by atomic mass is 10.2. The van der Waals surface area contributed by atoms with Gasteiger partial charge in [-0.05, 0) is 36.8 Å². The highest BCUT2D eigenvalue weighted by Gasteiger charge is 2.08. The molecular weight excluding hydrogens is 297 g/mol. The number of aryl methyl sites for hydroxylation is 1. The van der Waals surface area contributed by atoms with Crippen molar-refractivity contribution in [3.8, 4) is 0 Å². The van der Waals surface area contributed by atoms with Gasteiger partial charge in [-0.3, -0.25) is 4.79 Å². The van der Waals surface area contributed by atoms with Crippen LogP contribution < -0.4 is 5.43 Å². The first-order valence-electron chi connectivity index (χ1n) is 7.19. The van der Waals surface area contributed by atoms with Gasteiger partial charge in [0, 0.05) is 23.8 Å². The summed E-state index contributed by atoms with van der Waals surface area (Å²) in [7, 11) is 0. The molecule has 0 N–H and O–H groups in total. The first-order chi connectivity index (χ1) is 10.7. The summed E-state index contributed by atoms with van der Waals surface area (Å²) in [6, 6.07) is 15.8. The fraction of sp³-hybridized carbons (Fsp3) is 0.167. The number of thioether (sulfide) groups is 1. The third-order valence-electron chi connectivity index (χ3n) is 3.60. The molecule has 0 aliphatic rings. The Hall–Kier alpha value is -2.07. The summed E-state index contributed by atoms with van der Waals surface area (Å²) in [6.07, 6.45) is 0. The van der Waals surface area contributed by atoms with E-state index in [1.807, 2.05) is 24.3 Å². The Labute approximate surface area is 132 Å². The Morgan fingerprint density at radius 2 is 1.82 bits per heavy atom. The first-order valence-corrected chi connectivity index (χ1v) is 8.17. The molecule has 22 heavy (non-hydrogen) atoms. The highest BCUT2D eigenvalue weighted by Crippen LogP contribution is 2.25. The van der Waals surface area contributed by atoms with Crippen LogP contribution in [0, 0.1) is 5.82 Å². The topological polar surface area (TPSA) is 22.0 Å². The van der Waals surface area contributed by atoms with Gasteiger partial charge in [0.1, 0.15) is 5.82 Å². The average molecular weight is 313 g/mol. The van der Waals surface area contributed by atoms with Crippen LogP contribution >= 0.6 is 11.8 Å². The van der Waals surface area contributed by atoms with Crippen molar-refractivity contribution in [1.82, 2.24) is 4.57 Å². The lowest BCUT2D eigenvalue weighted by molar-refractivity contribution is 0.627. The number of para-hydroxylation sites is 1. The van der Waals surface area contributed by atoms with Gasteiger partial charge in [0.2, 0.25) is 0 Å². The molecule has 4 heteroatoms. The maximum Gasteiger partial charge on any atom is 0.190 e. The van der Waals surface area contributed by atoms with Gasteiger partial charge in [0.25, 0.3) is 0 Å². The number of fused-ring (bicyclic) bond motifs is 1. The van der Waals surface area contributed by atoms with E-state index in [0.29, 0.717) is 5.75 Å². The molecule has 3 rings (SSSR count). The van der Waals surface area contributed by atoms with Crippen LogP contribution in [0.3, 0.4) is 0 Å². The Morgan fingerprint density at radius 1 is 1.09 bits per heavy atom. The van der Waals surface area contributed by atoms with Gasteiger partial charge < -0.3 is 4.57 Å². The predicted octanol–water partition coefficient (Wildman–Crippen LogP) is 4.45. The molecule has 0 atom stereocenters. The second-order valence-corrected chi connectivity index (χ2v) is 6.02. The van der Waals surface area contributed by atoms with Crippen LogP contribution in [0.25, 0.3) is 10.9 Å². The molecule has 0 aliphatic heterocycles. The fourth-order valence-corrected chi connectivity index (χ4v) is 3.57. The summed E-state index contributed by atoms with van der Waals surface area (Å²) in [4.78, 5) is 12.2. The Balaban J connectivity index is 1.96. The van der Waals surface area contributed by atoms with E-state index < -0.39 is 0 Å². The van der Waals surface area contributed by atoms with Gasteiger partial charge in [0.15, 0.2) is 5.43 Å². The third-order valence-corrected chi connectivity index (χ3v) is 4.71. The maximum atomic E-state index is 12.9. The lowest BCUT2D eigenvalue weighted by Crippen LogP contribution is -2.10. The van der Waals surface area contributed by atoms with E-state index in [0.717, 1.165) is 28.0 Å². The van der Waals surface area contributed by atoms with Crippen molar-refractivity contribution in [3.05, 3.63) is 76.2 Å². The van der Waals surface area contributed by atoms with Crippen molar-refractivity contribution in [3.63, 3.8) is 0 Å². The molecule has 0 saturated carbocycles. The smallest absolute Gasteiger partial charge is 0.190 e. The molecular formula is C18H16FNOS. The SMILES string of the molecule is CCn1c(SCc2ccc(F)cc2)cc(=O)c2ccccc21. The van der Waals surface area contributed by atoms with Crippen LogP contribution in [0.1, 0.15) is 12.5 Å². The quantitative estimate of drug-likeness (QED) is 0.664. The molecule has 0 fully saturated rings. The molecule has 2 aromatic carbocycles. The molecule has 0 unspecified atom stereocenters. The Bertz CT molecular complexity index is 855. The van der Waals surface area contributed by atoms with E-state index in [1.54, 1.807) is 30.0 Å². The number of nitrogens with zero attached hydrogens (tertiary/aromatic N) is 1. The van der Waals surface area contributed by atoms with Gasteiger partial charge in [-0.1, -0.05) is 24.3 Å². The lowest BCUT2D eigenvalue weighted by Gasteiger charge is -2.14. The number of hydrogen-bond donors (Lipinski definition) is 0. The second kappa shape index (κ2) is 6.36. The number of aromatic nitrogens is 1. The molecule has 112 valence electrons. The van der Waals surface area contributed by atoms with E-state index in [4.69, 9.17) is 0 Å². The average Bonchev–Trinajstić information content (AvgIpc) is 2.54. The van der Waals surface area contributed by atoms with Gasteiger partial charge in [0.05, 0.1) is 10.5 Å². The highest BCUT2D eigenvalue weighted by atomic mass is 32.2. The summed E-state index contributed by atoms with van der Waals surface area (Å²) in [5, 5.41) is 1.69. The summed E-state index contributed by atoms with van der Waals surface area (Å²) in [6.45, 7) is 2.87. The standard InChI is InChI=1S/C18H16FNOS/c1-2-20-16-6-4-3-5-15(16)17(21)11-18(20)22-12-13-7-9-14(19)10-8-13/h3-11H,2,12H2,1H3. The molecule has 0 bridgehead atoms. The predicted molar refractivity (Wildman–Crippen MR) is 89.8 cm³/mol. The minimum absolute atomic E-state index is 0.0434. The van der Waals surface area contributed by atoms with E-state index in [-0.39, 0.29) is 11.2 Å². The zero-order valence-electron chi connectivity index (χ0n) is 12.3. The van der Waals surface area contributed by atoms with Gasteiger partial charge >= 0.3 is 0 Å². The minimum atomic E-state index is -0.232. The van der Waals surface area contributed by atoms with Crippen molar-refractivity contribution in [2.24, 2.45) is 0 Å². The fourth-order valence-electron chi connectivity index (χ4n) is 2.49. The maximum absolute atomic E-state index is 12.9. The summed E-state index contributed by atoms with van der Waals surface area (Å²) < 4.78 is 15.1. The van der Waals surface area contributed by atoms with Crippen LogP contribution in [0.2, 0.25) is 0 Å². The second-order valence-electron chi connectivity index (χ2n) is 5.02. The van der Waals surface area contributed by atoms with Crippen molar-refractivity contribution in [2.75, 3.05) is 0 Å². The molecule has 0 spiro atoms. The third kappa shape index (κ3) is 2.92. The van der Waals surface area contributed by atoms with E-state index in [1.165, 1.54) is 12.1 Å². The summed E-state index contributed by atoms with van der Waals surface area (Å²) >= 11 is 1.60. The molecule has 1 aromatic heterocycles. The summed E-state index contributed by atoms with van der Waals surface area (Å²) in [5.41, 5.74) is 2.04. The Kier molecular flexibility index (Phi) is 4.29. The monoisotopic (exact) mass is 313 g/mol. The number of pyridine rings is 1. The van der Waals surface area contributed by atoms with E-state index in [2.05, 4.69) is 11.5 Å². The zero-order valence-corrected chi connectivity index (χ0v) is 13.1. The van der Waals surface area contributed by atoms with Crippen molar-refractivity contribution < 1.29 is 4.39 Å². The molecule has 0 radical (unpaired) electrons. The van der Waals surface area contributed by atoms with Crippen LogP contribution in [0.15, 0.2) is 64.4 Å². The summed E-state index contributed by atoms with van der Waals surface area (Å²) in [5.74, 6) is 0.475. The van der Waals surface area contributed by atoms with Crippen LogP contribution in [0.5, 0.6) is 0 Å². The van der Waals surface area contributed by atoms with Gasteiger partial charge in [-0.15, -0.1) is 11.8 Å². The van der Waals surface area contributed by atoms with Gasteiger partial charge in [-0.2, -0.15) is 0 Å². The highest BCUT2D eigenvalue weighted by molar-refractivity contribution is 7.98. The molecule has 0 saturated heterocycles. The van der Waals surface area contributed by atoms with Crippen molar-refractivity contribution >= 4 is 22.7 Å². The normalized spacial score (nSPS) is 11.0. The van der Waals surface area contributed by atoms with Gasteiger partial charge in [-0.25, -0.2) is 4.39 Å². The molecule has 0 amide bonds. The van der Waals surface area contributed by atoms with Crippen LogP contribution in [-0.4, -0.2) is 4.57 Å². The zero-order chi connectivity index (χ0) is 15.5. The largest absolute Gasteiger partial charge is 0.336 e. The molecule has 0 aliphatic carbocycles. The number of hydrogen-bond acceptors (Lipinski definition) is 2. The van der Waals surface area contributed by atoms with Crippen LogP contribution in [-0.2, 0) is 12.3 Å². The Morgan fingerprint density at radius 3 is 2.55 bits per heavy atom. The molecule has 3 aromatic rings. The number of benzene rings is 2. The van der Waals surface area contributed by atoms with Crippen LogP contribution in [0.4, 0.5) is 4.39 Å². The first kappa shape index (κ1) is 14.9. The number of halogens is 1.